The highest BCUT2D eigenvalue weighted by atomic mass is 32.1. The second-order valence-corrected chi connectivity index (χ2v) is 7.07. The van der Waals surface area contributed by atoms with E-state index in [1.54, 1.807) is 0 Å². The van der Waals surface area contributed by atoms with Gasteiger partial charge < -0.3 is 4.42 Å². The highest BCUT2D eigenvalue weighted by Crippen LogP contribution is 2.22. The molecule has 2 heterocycles. The Bertz CT molecular complexity index is 1070. The van der Waals surface area contributed by atoms with E-state index in [4.69, 9.17) is 4.42 Å². The van der Waals surface area contributed by atoms with E-state index in [-0.39, 0.29) is 11.9 Å². The Hall–Kier alpha value is -3.06. The number of hydrogen-bond donors (Lipinski definition) is 1. The largest absolute Gasteiger partial charge is 0.407 e. The lowest BCUT2D eigenvalue weighted by molar-refractivity contribution is 0.102. The van der Waals surface area contributed by atoms with E-state index in [1.807, 2.05) is 30.3 Å². The molecule has 7 heteroatoms. The van der Waals surface area contributed by atoms with Gasteiger partial charge >= 0.3 is 6.01 Å². The summed E-state index contributed by atoms with van der Waals surface area (Å²) in [4.78, 5) is 16.7. The van der Waals surface area contributed by atoms with Crippen molar-refractivity contribution >= 4 is 33.5 Å². The molecule has 0 radical (unpaired) electrons. The van der Waals surface area contributed by atoms with Gasteiger partial charge in [-0.25, -0.2) is 4.98 Å². The molecule has 2 aromatic carbocycles. The highest BCUT2D eigenvalue weighted by molar-refractivity contribution is 7.20. The molecule has 0 aliphatic rings. The van der Waals surface area contributed by atoms with E-state index in [2.05, 4.69) is 46.5 Å². The lowest BCUT2D eigenvalue weighted by atomic mass is 10.0. The SMILES string of the molecule is Cc1ccc(Cc2nnc(NC(=O)c3nc4ccccc4s3)o2)cc1C. The number of carbonyl (C=O) groups is 1. The molecule has 0 saturated carbocycles. The number of hydrogen-bond acceptors (Lipinski definition) is 6. The maximum absolute atomic E-state index is 12.3. The summed E-state index contributed by atoms with van der Waals surface area (Å²) < 4.78 is 6.50. The van der Waals surface area contributed by atoms with E-state index >= 15 is 0 Å². The van der Waals surface area contributed by atoms with Crippen LogP contribution in [0.15, 0.2) is 46.9 Å². The Balaban J connectivity index is 1.47. The van der Waals surface area contributed by atoms with Gasteiger partial charge in [-0.15, -0.1) is 16.4 Å². The van der Waals surface area contributed by atoms with Gasteiger partial charge in [0.2, 0.25) is 5.89 Å². The second kappa shape index (κ2) is 6.68. The van der Waals surface area contributed by atoms with Gasteiger partial charge in [0, 0.05) is 0 Å². The molecule has 6 nitrogen and oxygen atoms in total. The van der Waals surface area contributed by atoms with Crippen molar-refractivity contribution in [3.8, 4) is 0 Å². The zero-order valence-electron chi connectivity index (χ0n) is 14.3. The van der Waals surface area contributed by atoms with Crippen molar-refractivity contribution < 1.29 is 9.21 Å². The fourth-order valence-corrected chi connectivity index (χ4v) is 3.44. The first-order chi connectivity index (χ1) is 12.6. The summed E-state index contributed by atoms with van der Waals surface area (Å²) in [6.07, 6.45) is 0.519. The summed E-state index contributed by atoms with van der Waals surface area (Å²) in [5.74, 6) is 0.0976. The molecule has 0 bridgehead atoms. The van der Waals surface area contributed by atoms with Crippen LogP contribution in [0.3, 0.4) is 0 Å². The normalized spacial score (nSPS) is 11.0. The first kappa shape index (κ1) is 16.4. The number of para-hydroxylation sites is 1. The van der Waals surface area contributed by atoms with Crippen LogP contribution in [0.2, 0.25) is 0 Å². The van der Waals surface area contributed by atoms with Gasteiger partial charge in [-0.3, -0.25) is 10.1 Å². The zero-order chi connectivity index (χ0) is 18.1. The third kappa shape index (κ3) is 3.34. The van der Waals surface area contributed by atoms with Gasteiger partial charge in [-0.2, -0.15) is 0 Å². The van der Waals surface area contributed by atoms with Crippen LogP contribution >= 0.6 is 11.3 Å². The van der Waals surface area contributed by atoms with Crippen LogP contribution in [0.25, 0.3) is 10.2 Å². The lowest BCUT2D eigenvalue weighted by Crippen LogP contribution is -2.11. The highest BCUT2D eigenvalue weighted by Gasteiger charge is 2.16. The van der Waals surface area contributed by atoms with Gasteiger partial charge in [0.1, 0.15) is 0 Å². The molecule has 4 rings (SSSR count). The van der Waals surface area contributed by atoms with Gasteiger partial charge in [0.15, 0.2) is 5.01 Å². The predicted octanol–water partition coefficient (Wildman–Crippen LogP) is 4.14. The summed E-state index contributed by atoms with van der Waals surface area (Å²) >= 11 is 1.32. The predicted molar refractivity (Wildman–Crippen MR) is 101 cm³/mol. The van der Waals surface area contributed by atoms with Gasteiger partial charge in [0.05, 0.1) is 16.6 Å². The van der Waals surface area contributed by atoms with E-state index in [9.17, 15) is 4.79 Å². The summed E-state index contributed by atoms with van der Waals surface area (Å²) in [6, 6.07) is 13.9. The molecule has 130 valence electrons. The Kier molecular flexibility index (Phi) is 4.22. The van der Waals surface area contributed by atoms with Crippen molar-refractivity contribution in [2.75, 3.05) is 5.32 Å². The Morgan fingerprint density at radius 1 is 1.12 bits per heavy atom. The number of anilines is 1. The third-order valence-electron chi connectivity index (χ3n) is 4.10. The number of amides is 1. The molecule has 0 aliphatic heterocycles. The minimum atomic E-state index is -0.354. The van der Waals surface area contributed by atoms with Crippen LogP contribution in [0.5, 0.6) is 0 Å². The number of rotatable bonds is 4. The molecule has 0 saturated heterocycles. The topological polar surface area (TPSA) is 80.9 Å². The van der Waals surface area contributed by atoms with E-state index in [1.165, 1.54) is 22.5 Å². The van der Waals surface area contributed by atoms with Crippen LogP contribution in [0, 0.1) is 13.8 Å². The van der Waals surface area contributed by atoms with Crippen molar-refractivity contribution in [2.45, 2.75) is 20.3 Å². The van der Waals surface area contributed by atoms with Crippen LogP contribution < -0.4 is 5.32 Å². The molecule has 0 unspecified atom stereocenters. The Morgan fingerprint density at radius 3 is 2.77 bits per heavy atom. The molecule has 0 aliphatic carbocycles. The van der Waals surface area contributed by atoms with Crippen LogP contribution in [0.4, 0.5) is 6.01 Å². The number of nitrogens with one attached hydrogen (secondary N) is 1. The fourth-order valence-electron chi connectivity index (χ4n) is 2.58. The van der Waals surface area contributed by atoms with Crippen molar-refractivity contribution in [1.29, 1.82) is 0 Å². The van der Waals surface area contributed by atoms with Gasteiger partial charge in [0.25, 0.3) is 5.91 Å². The molecular formula is C19H16N4O2S. The van der Waals surface area contributed by atoms with Crippen molar-refractivity contribution in [3.05, 3.63) is 70.1 Å². The standard InChI is InChI=1S/C19H16N4O2S/c1-11-7-8-13(9-12(11)2)10-16-22-23-19(25-16)21-17(24)18-20-14-5-3-4-6-15(14)26-18/h3-9H,10H2,1-2H3,(H,21,23,24). The van der Waals surface area contributed by atoms with E-state index in [0.717, 1.165) is 15.8 Å². The molecule has 0 spiro atoms. The van der Waals surface area contributed by atoms with Crippen molar-refractivity contribution in [3.63, 3.8) is 0 Å². The number of thiazole rings is 1. The first-order valence-electron chi connectivity index (χ1n) is 8.14. The molecule has 2 aromatic heterocycles. The summed E-state index contributed by atoms with van der Waals surface area (Å²) in [6.45, 7) is 4.14. The Morgan fingerprint density at radius 2 is 1.96 bits per heavy atom. The first-order valence-corrected chi connectivity index (χ1v) is 8.95. The van der Waals surface area contributed by atoms with Crippen LogP contribution in [-0.2, 0) is 6.42 Å². The molecule has 1 N–H and O–H groups in total. The second-order valence-electron chi connectivity index (χ2n) is 6.04. The molecule has 4 aromatic rings. The average Bonchev–Trinajstić information content (AvgIpc) is 3.25. The molecule has 0 atom stereocenters. The summed E-state index contributed by atoms with van der Waals surface area (Å²) in [5, 5.41) is 10.9. The maximum Gasteiger partial charge on any atom is 0.322 e. The summed E-state index contributed by atoms with van der Waals surface area (Å²) in [5.41, 5.74) is 4.33. The smallest absolute Gasteiger partial charge is 0.322 e. The monoisotopic (exact) mass is 364 g/mol. The average molecular weight is 364 g/mol. The van der Waals surface area contributed by atoms with Crippen molar-refractivity contribution in [2.24, 2.45) is 0 Å². The van der Waals surface area contributed by atoms with Crippen LogP contribution in [-0.4, -0.2) is 21.1 Å². The van der Waals surface area contributed by atoms with E-state index in [0.29, 0.717) is 17.3 Å². The number of aryl methyl sites for hydroxylation is 2. The number of carbonyl (C=O) groups excluding carboxylic acids is 1. The number of fused-ring (bicyclic) bond motifs is 1. The van der Waals surface area contributed by atoms with E-state index < -0.39 is 0 Å². The molecule has 26 heavy (non-hydrogen) atoms. The van der Waals surface area contributed by atoms with Gasteiger partial charge in [-0.05, 0) is 42.7 Å². The number of aromatic nitrogens is 3. The maximum atomic E-state index is 12.3. The van der Waals surface area contributed by atoms with Crippen molar-refractivity contribution in [1.82, 2.24) is 15.2 Å². The molecular weight excluding hydrogens is 348 g/mol. The molecule has 1 amide bonds. The fraction of sp³-hybridized carbons (Fsp3) is 0.158. The quantitative estimate of drug-likeness (QED) is 0.589. The molecule has 0 fully saturated rings. The minimum Gasteiger partial charge on any atom is -0.407 e. The minimum absolute atomic E-state index is 0.0769. The summed E-state index contributed by atoms with van der Waals surface area (Å²) in [7, 11) is 0. The number of benzene rings is 2. The lowest BCUT2D eigenvalue weighted by Gasteiger charge is -2.02. The Labute approximate surface area is 153 Å². The zero-order valence-corrected chi connectivity index (χ0v) is 15.1. The van der Waals surface area contributed by atoms with Crippen LogP contribution in [0.1, 0.15) is 32.4 Å². The third-order valence-corrected chi connectivity index (χ3v) is 5.14. The number of nitrogens with zero attached hydrogens (tertiary/aromatic N) is 3. The van der Waals surface area contributed by atoms with Gasteiger partial charge in [-0.1, -0.05) is 35.4 Å².